The zero-order valence-corrected chi connectivity index (χ0v) is 15.5. The van der Waals surface area contributed by atoms with Gasteiger partial charge in [-0.25, -0.2) is 4.68 Å². The molecule has 1 amide bonds. The predicted molar refractivity (Wildman–Crippen MR) is 103 cm³/mol. The van der Waals surface area contributed by atoms with Crippen molar-refractivity contribution in [3.63, 3.8) is 0 Å². The lowest BCUT2D eigenvalue weighted by atomic mass is 10.1. The lowest BCUT2D eigenvalue weighted by Crippen LogP contribution is -2.15. The number of ether oxygens (including phenoxy) is 1. The molecule has 0 bridgehead atoms. The molecule has 0 unspecified atom stereocenters. The van der Waals surface area contributed by atoms with Crippen LogP contribution in [0.3, 0.4) is 0 Å². The van der Waals surface area contributed by atoms with Crippen molar-refractivity contribution in [1.82, 2.24) is 9.78 Å². The highest BCUT2D eigenvalue weighted by molar-refractivity contribution is 6.03. The summed E-state index contributed by atoms with van der Waals surface area (Å²) in [6.45, 7) is 8.25. The number of para-hydroxylation sites is 1. The first-order valence-corrected chi connectivity index (χ1v) is 8.55. The highest BCUT2D eigenvalue weighted by Crippen LogP contribution is 2.21. The lowest BCUT2D eigenvalue weighted by Gasteiger charge is -2.10. The average Bonchev–Trinajstić information content (AvgIpc) is 3.06. The summed E-state index contributed by atoms with van der Waals surface area (Å²) in [4.78, 5) is 12.5. The molecule has 0 aliphatic rings. The number of rotatable bonds is 5. The van der Waals surface area contributed by atoms with Gasteiger partial charge < -0.3 is 10.1 Å². The second-order valence-corrected chi connectivity index (χ2v) is 6.50. The molecule has 0 saturated heterocycles. The van der Waals surface area contributed by atoms with Crippen molar-refractivity contribution in [2.75, 3.05) is 5.32 Å². The minimum Gasteiger partial charge on any atom is -0.471 e. The Hall–Kier alpha value is -3.08. The van der Waals surface area contributed by atoms with Gasteiger partial charge in [-0.1, -0.05) is 35.9 Å². The summed E-state index contributed by atoms with van der Waals surface area (Å²) in [5, 5.41) is 7.25. The molecule has 3 rings (SSSR count). The first-order chi connectivity index (χ1) is 12.4. The fraction of sp³-hybridized carbons (Fsp3) is 0.238. The topological polar surface area (TPSA) is 56.1 Å². The second-order valence-electron chi connectivity index (χ2n) is 6.50. The summed E-state index contributed by atoms with van der Waals surface area (Å²) in [5.41, 5.74) is 5.51. The molecule has 0 atom stereocenters. The van der Waals surface area contributed by atoms with Gasteiger partial charge in [0.2, 0.25) is 0 Å². The van der Waals surface area contributed by atoms with E-state index in [1.54, 1.807) is 16.9 Å². The van der Waals surface area contributed by atoms with Gasteiger partial charge >= 0.3 is 0 Å². The van der Waals surface area contributed by atoms with Gasteiger partial charge in [-0.2, -0.15) is 5.10 Å². The number of anilines is 1. The molecule has 0 radical (unpaired) electrons. The molecular formula is C21H23N3O2. The Morgan fingerprint density at radius 2 is 1.77 bits per heavy atom. The molecule has 1 aromatic heterocycles. The van der Waals surface area contributed by atoms with Crippen LogP contribution in [0.1, 0.15) is 32.7 Å². The van der Waals surface area contributed by atoms with E-state index in [0.717, 1.165) is 28.1 Å². The number of amides is 1. The van der Waals surface area contributed by atoms with Crippen molar-refractivity contribution in [1.29, 1.82) is 0 Å². The maximum absolute atomic E-state index is 12.5. The van der Waals surface area contributed by atoms with Gasteiger partial charge in [0.1, 0.15) is 5.75 Å². The molecule has 134 valence electrons. The zero-order chi connectivity index (χ0) is 18.7. The molecule has 0 aliphatic carbocycles. The minimum atomic E-state index is -0.229. The Morgan fingerprint density at radius 1 is 1.04 bits per heavy atom. The van der Waals surface area contributed by atoms with Gasteiger partial charge in [0.15, 0.2) is 12.4 Å². The number of hydrogen-bond acceptors (Lipinski definition) is 3. The van der Waals surface area contributed by atoms with Crippen LogP contribution >= 0.6 is 0 Å². The van der Waals surface area contributed by atoms with E-state index in [2.05, 4.69) is 16.5 Å². The number of aromatic nitrogens is 2. The molecule has 5 nitrogen and oxygen atoms in total. The van der Waals surface area contributed by atoms with E-state index in [4.69, 9.17) is 4.74 Å². The van der Waals surface area contributed by atoms with Crippen molar-refractivity contribution < 1.29 is 9.53 Å². The van der Waals surface area contributed by atoms with Crippen LogP contribution < -0.4 is 10.1 Å². The predicted octanol–water partition coefficient (Wildman–Crippen LogP) is 4.41. The molecule has 0 saturated carbocycles. The van der Waals surface area contributed by atoms with Crippen LogP contribution in [-0.4, -0.2) is 15.7 Å². The molecule has 1 N–H and O–H groups in total. The lowest BCUT2D eigenvalue weighted by molar-refractivity contribution is 0.102. The Bertz CT molecular complexity index is 924. The molecule has 3 aromatic rings. The third-order valence-corrected chi connectivity index (χ3v) is 4.28. The maximum atomic E-state index is 12.5. The third kappa shape index (κ3) is 3.94. The quantitative estimate of drug-likeness (QED) is 0.742. The number of nitrogens with zero attached hydrogens (tertiary/aromatic N) is 2. The van der Waals surface area contributed by atoms with E-state index >= 15 is 0 Å². The van der Waals surface area contributed by atoms with Crippen molar-refractivity contribution >= 4 is 11.6 Å². The van der Waals surface area contributed by atoms with E-state index < -0.39 is 0 Å². The van der Waals surface area contributed by atoms with Crippen LogP contribution in [0.15, 0.2) is 48.7 Å². The first kappa shape index (κ1) is 17.7. The maximum Gasteiger partial charge on any atom is 0.276 e. The van der Waals surface area contributed by atoms with Crippen LogP contribution in [0.4, 0.5) is 5.69 Å². The number of aryl methyl sites for hydroxylation is 4. The number of carbonyl (C=O) groups is 1. The monoisotopic (exact) mass is 349 g/mol. The number of hydrogen-bond donors (Lipinski definition) is 1. The SMILES string of the molecule is Cc1ccc(OCn2ccc(C(=O)Nc3c(C)cccc3C)n2)c(C)c1. The van der Waals surface area contributed by atoms with Crippen molar-refractivity contribution in [2.24, 2.45) is 0 Å². The van der Waals surface area contributed by atoms with E-state index in [1.807, 2.05) is 58.0 Å². The van der Waals surface area contributed by atoms with Gasteiger partial charge in [0.05, 0.1) is 0 Å². The van der Waals surface area contributed by atoms with Crippen LogP contribution in [-0.2, 0) is 6.73 Å². The van der Waals surface area contributed by atoms with Gasteiger partial charge in [-0.15, -0.1) is 0 Å². The highest BCUT2D eigenvalue weighted by atomic mass is 16.5. The highest BCUT2D eigenvalue weighted by Gasteiger charge is 2.12. The van der Waals surface area contributed by atoms with Crippen molar-refractivity contribution in [3.05, 3.63) is 76.6 Å². The number of carbonyl (C=O) groups excluding carboxylic acids is 1. The summed E-state index contributed by atoms with van der Waals surface area (Å²) in [7, 11) is 0. The third-order valence-electron chi connectivity index (χ3n) is 4.28. The van der Waals surface area contributed by atoms with Crippen molar-refractivity contribution in [3.8, 4) is 5.75 Å². The van der Waals surface area contributed by atoms with Crippen LogP contribution in [0.5, 0.6) is 5.75 Å². The zero-order valence-electron chi connectivity index (χ0n) is 15.5. The minimum absolute atomic E-state index is 0.229. The van der Waals surface area contributed by atoms with Crippen LogP contribution in [0.2, 0.25) is 0 Å². The van der Waals surface area contributed by atoms with Gasteiger partial charge in [0.25, 0.3) is 5.91 Å². The van der Waals surface area contributed by atoms with E-state index in [1.165, 1.54) is 5.56 Å². The molecule has 0 fully saturated rings. The Morgan fingerprint density at radius 3 is 2.46 bits per heavy atom. The van der Waals surface area contributed by atoms with E-state index in [9.17, 15) is 4.79 Å². The fourth-order valence-electron chi connectivity index (χ4n) is 2.84. The largest absolute Gasteiger partial charge is 0.471 e. The van der Waals surface area contributed by atoms with Gasteiger partial charge in [-0.05, 0) is 56.5 Å². The normalized spacial score (nSPS) is 10.6. The van der Waals surface area contributed by atoms with Crippen LogP contribution in [0, 0.1) is 27.7 Å². The van der Waals surface area contributed by atoms with E-state index in [-0.39, 0.29) is 12.6 Å². The van der Waals surface area contributed by atoms with E-state index in [0.29, 0.717) is 5.69 Å². The molecule has 1 heterocycles. The summed E-state index contributed by atoms with van der Waals surface area (Å²) < 4.78 is 7.41. The summed E-state index contributed by atoms with van der Waals surface area (Å²) >= 11 is 0. The number of benzene rings is 2. The van der Waals surface area contributed by atoms with Gasteiger partial charge in [-0.3, -0.25) is 4.79 Å². The van der Waals surface area contributed by atoms with Gasteiger partial charge in [0, 0.05) is 11.9 Å². The standard InChI is InChI=1S/C21H23N3O2/c1-14-8-9-19(17(4)12-14)26-13-24-11-10-18(23-24)21(25)22-20-15(2)6-5-7-16(20)3/h5-12H,13H2,1-4H3,(H,22,25). The molecule has 0 spiro atoms. The molecule has 5 heteroatoms. The smallest absolute Gasteiger partial charge is 0.276 e. The average molecular weight is 349 g/mol. The Balaban J connectivity index is 1.66. The van der Waals surface area contributed by atoms with Crippen LogP contribution in [0.25, 0.3) is 0 Å². The first-order valence-electron chi connectivity index (χ1n) is 8.55. The molecule has 2 aromatic carbocycles. The second kappa shape index (κ2) is 7.44. The molecule has 26 heavy (non-hydrogen) atoms. The fourth-order valence-corrected chi connectivity index (χ4v) is 2.84. The number of nitrogens with one attached hydrogen (secondary N) is 1. The molecular weight excluding hydrogens is 326 g/mol. The summed E-state index contributed by atoms with van der Waals surface area (Å²) in [6.07, 6.45) is 1.74. The Labute approximate surface area is 153 Å². The molecule has 0 aliphatic heterocycles. The van der Waals surface area contributed by atoms with Crippen molar-refractivity contribution in [2.45, 2.75) is 34.4 Å². The summed E-state index contributed by atoms with van der Waals surface area (Å²) in [6, 6.07) is 13.6. The Kier molecular flexibility index (Phi) is 5.07. The summed E-state index contributed by atoms with van der Waals surface area (Å²) in [5.74, 6) is 0.584.